The first-order valence-electron chi connectivity index (χ1n) is 8.24. The van der Waals surface area contributed by atoms with Crippen molar-refractivity contribution >= 4 is 18.3 Å². The Kier molecular flexibility index (Phi) is 7.90. The zero-order chi connectivity index (χ0) is 13.7. The lowest BCUT2D eigenvalue weighted by Crippen LogP contribution is -2.41. The van der Waals surface area contributed by atoms with Crippen LogP contribution in [0, 0.1) is 17.8 Å². The molecule has 3 N–H and O–H groups in total. The molecule has 0 radical (unpaired) electrons. The summed E-state index contributed by atoms with van der Waals surface area (Å²) < 4.78 is 0. The van der Waals surface area contributed by atoms with Gasteiger partial charge in [-0.15, -0.1) is 12.4 Å². The molecule has 2 atom stereocenters. The van der Waals surface area contributed by atoms with Crippen LogP contribution in [-0.2, 0) is 4.79 Å². The number of carbonyl (C=O) groups excluding carboxylic acids is 1. The third-order valence-electron chi connectivity index (χ3n) is 4.84. The molecule has 3 nitrogen and oxygen atoms in total. The van der Waals surface area contributed by atoms with Crippen molar-refractivity contribution in [2.45, 2.75) is 70.8 Å². The average Bonchev–Trinajstić information content (AvgIpc) is 3.14. The van der Waals surface area contributed by atoms with Crippen LogP contribution in [-0.4, -0.2) is 18.5 Å². The number of hydrogen-bond donors (Lipinski definition) is 2. The van der Waals surface area contributed by atoms with E-state index in [1.807, 2.05) is 0 Å². The molecule has 4 heteroatoms. The first-order chi connectivity index (χ1) is 9.20. The normalized spacial score (nSPS) is 22.1. The molecule has 2 unspecified atom stereocenters. The Labute approximate surface area is 129 Å². The summed E-state index contributed by atoms with van der Waals surface area (Å²) >= 11 is 0. The fraction of sp³-hybridized carbons (Fsp3) is 0.938. The van der Waals surface area contributed by atoms with E-state index in [0.29, 0.717) is 12.5 Å². The van der Waals surface area contributed by atoms with Crippen molar-refractivity contribution in [2.24, 2.45) is 23.5 Å². The number of nitrogens with one attached hydrogen (secondary N) is 1. The van der Waals surface area contributed by atoms with Crippen LogP contribution >= 0.6 is 12.4 Å². The van der Waals surface area contributed by atoms with Gasteiger partial charge < -0.3 is 11.1 Å². The van der Waals surface area contributed by atoms with E-state index < -0.39 is 0 Å². The summed E-state index contributed by atoms with van der Waals surface area (Å²) in [4.78, 5) is 12.3. The lowest BCUT2D eigenvalue weighted by atomic mass is 9.89. The predicted octanol–water partition coefficient (Wildman–Crippen LogP) is 3.26. The van der Waals surface area contributed by atoms with E-state index >= 15 is 0 Å². The molecule has 2 fully saturated rings. The maximum atomic E-state index is 12.3. The molecule has 2 aliphatic rings. The van der Waals surface area contributed by atoms with Gasteiger partial charge in [-0.1, -0.05) is 39.0 Å². The standard InChI is InChI=1S/C16H30N2O.ClH/c1-2-5-14(10-12-6-3-4-7-12)16(19)18-11-15(17)13-8-9-13;/h12-15H,2-11,17H2,1H3,(H,18,19);1H. The predicted molar refractivity (Wildman–Crippen MR) is 85.9 cm³/mol. The zero-order valence-corrected chi connectivity index (χ0v) is 13.6. The van der Waals surface area contributed by atoms with E-state index in [-0.39, 0.29) is 30.3 Å². The van der Waals surface area contributed by atoms with Gasteiger partial charge in [-0.3, -0.25) is 4.79 Å². The van der Waals surface area contributed by atoms with E-state index in [4.69, 9.17) is 5.73 Å². The minimum atomic E-state index is 0. The molecular formula is C16H31ClN2O. The third kappa shape index (κ3) is 5.61. The van der Waals surface area contributed by atoms with Crippen LogP contribution < -0.4 is 11.1 Å². The molecule has 0 aromatic heterocycles. The Morgan fingerprint density at radius 1 is 1.25 bits per heavy atom. The Hall–Kier alpha value is -0.280. The monoisotopic (exact) mass is 302 g/mol. The van der Waals surface area contributed by atoms with Gasteiger partial charge in [0.1, 0.15) is 0 Å². The molecule has 20 heavy (non-hydrogen) atoms. The van der Waals surface area contributed by atoms with Crippen molar-refractivity contribution in [1.82, 2.24) is 5.32 Å². The fourth-order valence-corrected chi connectivity index (χ4v) is 3.41. The Morgan fingerprint density at radius 2 is 1.90 bits per heavy atom. The quantitative estimate of drug-likeness (QED) is 0.723. The molecule has 2 rings (SSSR count). The van der Waals surface area contributed by atoms with Gasteiger partial charge in [0, 0.05) is 18.5 Å². The molecule has 0 aromatic carbocycles. The fourth-order valence-electron chi connectivity index (χ4n) is 3.41. The van der Waals surface area contributed by atoms with Crippen LogP contribution in [0.2, 0.25) is 0 Å². The summed E-state index contributed by atoms with van der Waals surface area (Å²) in [6.07, 6.45) is 11.1. The SMILES string of the molecule is CCCC(CC1CCCC1)C(=O)NCC(N)C1CC1.Cl. The van der Waals surface area contributed by atoms with Crippen molar-refractivity contribution in [3.8, 4) is 0 Å². The number of rotatable bonds is 8. The third-order valence-corrected chi connectivity index (χ3v) is 4.84. The number of nitrogens with two attached hydrogens (primary N) is 1. The molecule has 0 bridgehead atoms. The number of halogens is 1. The summed E-state index contributed by atoms with van der Waals surface area (Å²) in [7, 11) is 0. The molecule has 0 heterocycles. The number of hydrogen-bond acceptors (Lipinski definition) is 2. The van der Waals surface area contributed by atoms with Crippen LogP contribution in [0.1, 0.15) is 64.7 Å². The molecule has 0 saturated heterocycles. The molecule has 2 aliphatic carbocycles. The van der Waals surface area contributed by atoms with E-state index in [1.165, 1.54) is 38.5 Å². The van der Waals surface area contributed by atoms with Crippen molar-refractivity contribution in [2.75, 3.05) is 6.54 Å². The molecule has 0 spiro atoms. The van der Waals surface area contributed by atoms with Gasteiger partial charge in [-0.05, 0) is 37.5 Å². The summed E-state index contributed by atoms with van der Waals surface area (Å²) in [6, 6.07) is 0.178. The number of carbonyl (C=O) groups is 1. The zero-order valence-electron chi connectivity index (χ0n) is 12.8. The van der Waals surface area contributed by atoms with Gasteiger partial charge in [0.25, 0.3) is 0 Å². The van der Waals surface area contributed by atoms with Crippen molar-refractivity contribution in [1.29, 1.82) is 0 Å². The van der Waals surface area contributed by atoms with E-state index in [1.54, 1.807) is 0 Å². The second-order valence-electron chi connectivity index (χ2n) is 6.62. The van der Waals surface area contributed by atoms with Crippen molar-refractivity contribution < 1.29 is 4.79 Å². The molecular weight excluding hydrogens is 272 g/mol. The highest BCUT2D eigenvalue weighted by Crippen LogP contribution is 2.32. The van der Waals surface area contributed by atoms with Gasteiger partial charge >= 0.3 is 0 Å². The van der Waals surface area contributed by atoms with Crippen LogP contribution in [0.4, 0.5) is 0 Å². The Morgan fingerprint density at radius 3 is 2.45 bits per heavy atom. The second kappa shape index (κ2) is 8.89. The maximum absolute atomic E-state index is 12.3. The highest BCUT2D eigenvalue weighted by molar-refractivity contribution is 5.85. The molecule has 1 amide bonds. The Balaban J connectivity index is 0.00000200. The van der Waals surface area contributed by atoms with Crippen LogP contribution in [0.15, 0.2) is 0 Å². The molecule has 0 aliphatic heterocycles. The smallest absolute Gasteiger partial charge is 0.223 e. The first-order valence-corrected chi connectivity index (χ1v) is 8.24. The summed E-state index contributed by atoms with van der Waals surface area (Å²) in [5, 5.41) is 3.10. The molecule has 118 valence electrons. The van der Waals surface area contributed by atoms with E-state index in [0.717, 1.165) is 25.2 Å². The molecule has 2 saturated carbocycles. The summed E-state index contributed by atoms with van der Waals surface area (Å²) in [5.41, 5.74) is 6.05. The van der Waals surface area contributed by atoms with Crippen molar-refractivity contribution in [3.63, 3.8) is 0 Å². The van der Waals surface area contributed by atoms with E-state index in [2.05, 4.69) is 12.2 Å². The molecule has 0 aromatic rings. The average molecular weight is 303 g/mol. The first kappa shape index (κ1) is 17.8. The number of amides is 1. The maximum Gasteiger partial charge on any atom is 0.223 e. The van der Waals surface area contributed by atoms with Gasteiger partial charge in [-0.25, -0.2) is 0 Å². The van der Waals surface area contributed by atoms with E-state index in [9.17, 15) is 4.79 Å². The van der Waals surface area contributed by atoms with Crippen LogP contribution in [0.3, 0.4) is 0 Å². The van der Waals surface area contributed by atoms with Gasteiger partial charge in [0.15, 0.2) is 0 Å². The highest BCUT2D eigenvalue weighted by Gasteiger charge is 2.29. The minimum absolute atomic E-state index is 0. The lowest BCUT2D eigenvalue weighted by molar-refractivity contribution is -0.125. The highest BCUT2D eigenvalue weighted by atomic mass is 35.5. The lowest BCUT2D eigenvalue weighted by Gasteiger charge is -2.21. The topological polar surface area (TPSA) is 55.1 Å². The largest absolute Gasteiger partial charge is 0.354 e. The second-order valence-corrected chi connectivity index (χ2v) is 6.62. The van der Waals surface area contributed by atoms with Crippen LogP contribution in [0.25, 0.3) is 0 Å². The van der Waals surface area contributed by atoms with Gasteiger partial charge in [-0.2, -0.15) is 0 Å². The van der Waals surface area contributed by atoms with Gasteiger partial charge in [0.2, 0.25) is 5.91 Å². The van der Waals surface area contributed by atoms with Gasteiger partial charge in [0.05, 0.1) is 0 Å². The summed E-state index contributed by atoms with van der Waals surface area (Å²) in [5.74, 6) is 1.93. The van der Waals surface area contributed by atoms with Crippen molar-refractivity contribution in [3.05, 3.63) is 0 Å². The minimum Gasteiger partial charge on any atom is -0.354 e. The summed E-state index contributed by atoms with van der Waals surface area (Å²) in [6.45, 7) is 2.85. The Bertz CT molecular complexity index is 288. The van der Waals surface area contributed by atoms with Crippen LogP contribution in [0.5, 0.6) is 0 Å².